The number of aryl methyl sites for hydroxylation is 3. The molecular weight excluding hydrogens is 636 g/mol. The molecule has 0 saturated carbocycles. The van der Waals surface area contributed by atoms with Gasteiger partial charge in [-0.25, -0.2) is 9.78 Å². The number of hydrogen-bond donors (Lipinski definition) is 2. The van der Waals surface area contributed by atoms with Crippen molar-refractivity contribution in [2.75, 3.05) is 26.2 Å². The third-order valence-corrected chi connectivity index (χ3v) is 8.49. The lowest BCUT2D eigenvalue weighted by Crippen LogP contribution is -2.61. The number of ether oxygens (including phenoxy) is 1. The summed E-state index contributed by atoms with van der Waals surface area (Å²) < 4.78 is 8.46. The molecule has 10 nitrogen and oxygen atoms in total. The van der Waals surface area contributed by atoms with E-state index < -0.39 is 17.7 Å². The quantitative estimate of drug-likeness (QED) is 0.355. The van der Waals surface area contributed by atoms with E-state index in [2.05, 4.69) is 37.2 Å². The maximum atomic E-state index is 14.0. The number of rotatable bonds is 7. The van der Waals surface area contributed by atoms with Crippen LogP contribution in [0.3, 0.4) is 0 Å². The Morgan fingerprint density at radius 2 is 1.95 bits per heavy atom. The average Bonchev–Trinajstić information content (AvgIpc) is 3.36. The van der Waals surface area contributed by atoms with Gasteiger partial charge in [-0.2, -0.15) is 0 Å². The van der Waals surface area contributed by atoms with Gasteiger partial charge in [-0.15, -0.1) is 0 Å². The second-order valence-electron chi connectivity index (χ2n) is 12.0. The molecule has 2 N–H and O–H groups in total. The molecule has 0 bridgehead atoms. The van der Waals surface area contributed by atoms with Crippen LogP contribution in [-0.4, -0.2) is 79.3 Å². The van der Waals surface area contributed by atoms with E-state index in [1.807, 2.05) is 49.7 Å². The van der Waals surface area contributed by atoms with Crippen LogP contribution in [0.25, 0.3) is 0 Å². The molecule has 2 aliphatic rings. The van der Waals surface area contributed by atoms with Gasteiger partial charge in [0.15, 0.2) is 0 Å². The number of nitrogens with one attached hydrogen (secondary N) is 1. The van der Waals surface area contributed by atoms with Crippen LogP contribution in [0.5, 0.6) is 0 Å². The van der Waals surface area contributed by atoms with Gasteiger partial charge in [0, 0.05) is 60.8 Å². The van der Waals surface area contributed by atoms with Crippen molar-refractivity contribution in [3.05, 3.63) is 80.6 Å². The molecule has 1 aliphatic heterocycles. The zero-order chi connectivity index (χ0) is 30.7. The van der Waals surface area contributed by atoms with E-state index in [0.29, 0.717) is 43.4 Å². The number of fused-ring (bicyclic) bond motifs is 2. The van der Waals surface area contributed by atoms with E-state index in [9.17, 15) is 14.7 Å². The van der Waals surface area contributed by atoms with Gasteiger partial charge in [-0.1, -0.05) is 17.7 Å². The molecule has 3 heterocycles. The summed E-state index contributed by atoms with van der Waals surface area (Å²) >= 11 is 10.0. The highest BCUT2D eigenvalue weighted by molar-refractivity contribution is 9.10. The minimum atomic E-state index is -0.650. The molecule has 2 amide bonds. The Balaban J connectivity index is 1.44. The number of hydrogen-bond acceptors (Lipinski definition) is 7. The molecule has 1 aliphatic carbocycles. The molecule has 5 rings (SSSR count). The molecule has 3 aromatic rings. The zero-order valence-electron chi connectivity index (χ0n) is 24.7. The number of aromatic nitrogens is 3. The number of nitrogens with zero attached hydrogens (tertiary/aromatic N) is 5. The van der Waals surface area contributed by atoms with Crippen molar-refractivity contribution >= 4 is 39.5 Å². The molecule has 43 heavy (non-hydrogen) atoms. The second kappa shape index (κ2) is 13.3. The van der Waals surface area contributed by atoms with Crippen LogP contribution < -0.4 is 5.32 Å². The van der Waals surface area contributed by atoms with Crippen molar-refractivity contribution in [1.29, 1.82) is 0 Å². The predicted octanol–water partition coefficient (Wildman–Crippen LogP) is 4.50. The van der Waals surface area contributed by atoms with Crippen molar-refractivity contribution in [3.63, 3.8) is 0 Å². The first kappa shape index (κ1) is 31.4. The number of pyridine rings is 1. The van der Waals surface area contributed by atoms with Crippen LogP contribution in [-0.2, 0) is 35.5 Å². The molecule has 2 atom stereocenters. The zero-order valence-corrected chi connectivity index (χ0v) is 27.1. The highest BCUT2D eigenvalue weighted by Crippen LogP contribution is 2.39. The van der Waals surface area contributed by atoms with Gasteiger partial charge < -0.3 is 24.6 Å². The Labute approximate surface area is 265 Å². The molecule has 1 saturated heterocycles. The van der Waals surface area contributed by atoms with Crippen LogP contribution in [0.1, 0.15) is 61.4 Å². The number of amides is 2. The summed E-state index contributed by atoms with van der Waals surface area (Å²) in [6.45, 7) is 7.45. The van der Waals surface area contributed by atoms with E-state index in [-0.39, 0.29) is 25.1 Å². The lowest BCUT2D eigenvalue weighted by atomic mass is 9.94. The van der Waals surface area contributed by atoms with Crippen molar-refractivity contribution < 1.29 is 19.4 Å². The van der Waals surface area contributed by atoms with Crippen LogP contribution in [0.4, 0.5) is 4.79 Å². The molecule has 12 heteroatoms. The monoisotopic (exact) mass is 672 g/mol. The standard InChI is InChI=1S/C31H38BrClN6O4/c1-31(2,3)43-30(42)38-13-14-39(25(18-38)29(41)35-9-4-11-37-12-10-34-26(37)19-40)28-24-8-7-23(33)16-20(24)5-6-21-15-22(32)17-36-27(21)28/h7-8,10,12,15-17,25,28,40H,4-6,9,11,13-14,18-19H2,1-3H3,(H,35,41). The van der Waals surface area contributed by atoms with E-state index in [1.165, 1.54) is 0 Å². The number of piperazine rings is 1. The summed E-state index contributed by atoms with van der Waals surface area (Å²) in [4.78, 5) is 39.9. The van der Waals surface area contributed by atoms with Gasteiger partial charge in [0.2, 0.25) is 5.91 Å². The van der Waals surface area contributed by atoms with E-state index >= 15 is 0 Å². The van der Waals surface area contributed by atoms with Gasteiger partial charge in [0.05, 0.1) is 11.7 Å². The molecule has 2 aromatic heterocycles. The Morgan fingerprint density at radius 1 is 1.16 bits per heavy atom. The number of halogens is 2. The normalized spacial score (nSPS) is 18.9. The molecule has 1 fully saturated rings. The Kier molecular flexibility index (Phi) is 9.75. The fourth-order valence-electron chi connectivity index (χ4n) is 5.85. The van der Waals surface area contributed by atoms with Gasteiger partial charge in [-0.3, -0.25) is 14.7 Å². The van der Waals surface area contributed by atoms with Crippen LogP contribution >= 0.6 is 27.5 Å². The van der Waals surface area contributed by atoms with E-state index in [0.717, 1.165) is 39.7 Å². The van der Waals surface area contributed by atoms with Gasteiger partial charge in [0.1, 0.15) is 24.1 Å². The fourth-order valence-corrected chi connectivity index (χ4v) is 6.43. The first-order valence-corrected chi connectivity index (χ1v) is 15.8. The summed E-state index contributed by atoms with van der Waals surface area (Å²) in [7, 11) is 0. The lowest BCUT2D eigenvalue weighted by molar-refractivity contribution is -0.129. The summed E-state index contributed by atoms with van der Waals surface area (Å²) in [5.74, 6) is 0.419. The SMILES string of the molecule is CC(C)(C)OC(=O)N1CCN(C2c3ccc(Cl)cc3CCc3cc(Br)cnc32)C(C(=O)NCCCn2ccnc2CO)C1. The van der Waals surface area contributed by atoms with Crippen molar-refractivity contribution in [2.24, 2.45) is 0 Å². The minimum absolute atomic E-state index is 0.142. The minimum Gasteiger partial charge on any atom is -0.444 e. The second-order valence-corrected chi connectivity index (χ2v) is 13.3. The smallest absolute Gasteiger partial charge is 0.410 e. The summed E-state index contributed by atoms with van der Waals surface area (Å²) in [5, 5.41) is 13.3. The van der Waals surface area contributed by atoms with E-state index in [4.69, 9.17) is 21.3 Å². The number of aliphatic hydroxyl groups is 1. The van der Waals surface area contributed by atoms with Crippen molar-refractivity contribution in [3.8, 4) is 0 Å². The highest BCUT2D eigenvalue weighted by Gasteiger charge is 2.42. The van der Waals surface area contributed by atoms with Gasteiger partial charge in [-0.05, 0) is 90.9 Å². The molecule has 0 radical (unpaired) electrons. The molecule has 230 valence electrons. The first-order chi connectivity index (χ1) is 20.5. The fraction of sp³-hybridized carbons (Fsp3) is 0.484. The average molecular weight is 674 g/mol. The number of carbonyl (C=O) groups excluding carboxylic acids is 2. The number of imidazole rings is 1. The van der Waals surface area contributed by atoms with E-state index in [1.54, 1.807) is 17.3 Å². The van der Waals surface area contributed by atoms with Crippen molar-refractivity contribution in [1.82, 2.24) is 29.7 Å². The Hall–Kier alpha value is -2.99. The highest BCUT2D eigenvalue weighted by atomic mass is 79.9. The molecule has 2 unspecified atom stereocenters. The number of carbonyl (C=O) groups is 2. The van der Waals surface area contributed by atoms with Crippen LogP contribution in [0.15, 0.2) is 47.3 Å². The summed E-state index contributed by atoms with van der Waals surface area (Å²) in [5.41, 5.74) is 3.56. The first-order valence-electron chi connectivity index (χ1n) is 14.6. The van der Waals surface area contributed by atoms with Gasteiger partial charge >= 0.3 is 6.09 Å². The largest absolute Gasteiger partial charge is 0.444 e. The topological polar surface area (TPSA) is 113 Å². The predicted molar refractivity (Wildman–Crippen MR) is 167 cm³/mol. The van der Waals surface area contributed by atoms with Crippen LogP contribution in [0.2, 0.25) is 5.02 Å². The Morgan fingerprint density at radius 3 is 2.72 bits per heavy atom. The van der Waals surface area contributed by atoms with Crippen molar-refractivity contribution in [2.45, 2.75) is 70.9 Å². The third-order valence-electron chi connectivity index (χ3n) is 7.82. The molecule has 0 spiro atoms. The third kappa shape index (κ3) is 7.39. The number of benzene rings is 1. The summed E-state index contributed by atoms with van der Waals surface area (Å²) in [6, 6.07) is 7.10. The van der Waals surface area contributed by atoms with Crippen LogP contribution in [0, 0.1) is 0 Å². The van der Waals surface area contributed by atoms with Gasteiger partial charge in [0.25, 0.3) is 0 Å². The maximum Gasteiger partial charge on any atom is 0.410 e. The lowest BCUT2D eigenvalue weighted by Gasteiger charge is -2.44. The maximum absolute atomic E-state index is 14.0. The summed E-state index contributed by atoms with van der Waals surface area (Å²) in [6.07, 6.45) is 7.08. The molecular formula is C31H38BrClN6O4. The Bertz CT molecular complexity index is 1420. The molecule has 1 aromatic carbocycles. The number of aliphatic hydroxyl groups excluding tert-OH is 1.